The highest BCUT2D eigenvalue weighted by Crippen LogP contribution is 2.35. The Balaban J connectivity index is 1.67. The molecule has 0 saturated heterocycles. The summed E-state index contributed by atoms with van der Waals surface area (Å²) in [6, 6.07) is 4.74. The molecule has 0 aromatic carbocycles. The van der Waals surface area contributed by atoms with Gasteiger partial charge in [-0.25, -0.2) is 0 Å². The van der Waals surface area contributed by atoms with Crippen LogP contribution < -0.4 is 5.32 Å². The molecule has 3 nitrogen and oxygen atoms in total. The van der Waals surface area contributed by atoms with E-state index < -0.39 is 0 Å². The minimum Gasteiger partial charge on any atom is -0.307 e. The lowest BCUT2D eigenvalue weighted by molar-refractivity contribution is 0.149. The van der Waals surface area contributed by atoms with Crippen LogP contribution in [-0.2, 0) is 6.42 Å². The van der Waals surface area contributed by atoms with Crippen LogP contribution in [0.2, 0.25) is 0 Å². The molecule has 0 aliphatic heterocycles. The Hall–Kier alpha value is -0.930. The quantitative estimate of drug-likeness (QED) is 0.900. The second kappa shape index (κ2) is 5.22. The molecule has 1 saturated carbocycles. The predicted molar refractivity (Wildman–Crippen MR) is 78.2 cm³/mol. The molecule has 3 heteroatoms. The number of pyridine rings is 1. The molecule has 3 rings (SSSR count). The SMILES string of the molecule is CN(C)C1(CNC2CCc3cccnc32)CCCC1. The van der Waals surface area contributed by atoms with E-state index in [1.807, 2.05) is 6.20 Å². The molecule has 1 unspecified atom stereocenters. The first-order valence-corrected chi connectivity index (χ1v) is 7.56. The number of hydrogen-bond acceptors (Lipinski definition) is 3. The summed E-state index contributed by atoms with van der Waals surface area (Å²) in [7, 11) is 4.46. The summed E-state index contributed by atoms with van der Waals surface area (Å²) in [4.78, 5) is 7.01. The van der Waals surface area contributed by atoms with Gasteiger partial charge in [0.1, 0.15) is 0 Å². The average molecular weight is 259 g/mol. The van der Waals surface area contributed by atoms with Crippen LogP contribution >= 0.6 is 0 Å². The van der Waals surface area contributed by atoms with Gasteiger partial charge in [-0.1, -0.05) is 18.9 Å². The molecule has 0 bridgehead atoms. The Labute approximate surface area is 116 Å². The van der Waals surface area contributed by atoms with Crippen molar-refractivity contribution in [1.82, 2.24) is 15.2 Å². The molecular formula is C16H25N3. The van der Waals surface area contributed by atoms with Crippen molar-refractivity contribution in [2.24, 2.45) is 0 Å². The highest BCUT2D eigenvalue weighted by atomic mass is 15.2. The Kier molecular flexibility index (Phi) is 3.59. The van der Waals surface area contributed by atoms with Crippen LogP contribution in [0.25, 0.3) is 0 Å². The van der Waals surface area contributed by atoms with E-state index in [2.05, 4.69) is 41.4 Å². The lowest BCUT2D eigenvalue weighted by atomic mass is 9.95. The molecular weight excluding hydrogens is 234 g/mol. The van der Waals surface area contributed by atoms with Gasteiger partial charge in [-0.2, -0.15) is 0 Å². The molecule has 0 amide bonds. The first kappa shape index (κ1) is 13.1. The van der Waals surface area contributed by atoms with Gasteiger partial charge in [-0.15, -0.1) is 0 Å². The Morgan fingerprint density at radius 2 is 2.16 bits per heavy atom. The molecule has 1 aromatic heterocycles. The number of aryl methyl sites for hydroxylation is 1. The fourth-order valence-electron chi connectivity index (χ4n) is 3.74. The third-order valence-electron chi connectivity index (χ3n) is 5.12. The lowest BCUT2D eigenvalue weighted by Crippen LogP contribution is -2.50. The molecule has 2 aliphatic rings. The van der Waals surface area contributed by atoms with Crippen LogP contribution in [0.15, 0.2) is 18.3 Å². The molecule has 2 aliphatic carbocycles. The molecule has 0 radical (unpaired) electrons. The van der Waals surface area contributed by atoms with Gasteiger partial charge in [-0.3, -0.25) is 4.98 Å². The van der Waals surface area contributed by atoms with Gasteiger partial charge in [0.2, 0.25) is 0 Å². The number of likely N-dealkylation sites (N-methyl/N-ethyl adjacent to an activating group) is 1. The van der Waals surface area contributed by atoms with Gasteiger partial charge in [-0.05, 0) is 51.4 Å². The van der Waals surface area contributed by atoms with Gasteiger partial charge in [0.25, 0.3) is 0 Å². The van der Waals surface area contributed by atoms with E-state index in [0.717, 1.165) is 6.54 Å². The van der Waals surface area contributed by atoms with E-state index in [0.29, 0.717) is 11.6 Å². The maximum absolute atomic E-state index is 4.58. The highest BCUT2D eigenvalue weighted by molar-refractivity contribution is 5.28. The van der Waals surface area contributed by atoms with E-state index in [4.69, 9.17) is 0 Å². The van der Waals surface area contributed by atoms with Crippen LogP contribution in [0, 0.1) is 0 Å². The molecule has 1 heterocycles. The van der Waals surface area contributed by atoms with Crippen molar-refractivity contribution in [3.05, 3.63) is 29.6 Å². The normalized spacial score (nSPS) is 24.9. The maximum atomic E-state index is 4.58. The first-order chi connectivity index (χ1) is 9.21. The fourth-order valence-corrected chi connectivity index (χ4v) is 3.74. The van der Waals surface area contributed by atoms with Crippen molar-refractivity contribution < 1.29 is 0 Å². The number of hydrogen-bond donors (Lipinski definition) is 1. The Morgan fingerprint density at radius 1 is 1.37 bits per heavy atom. The van der Waals surface area contributed by atoms with E-state index in [1.165, 1.54) is 49.8 Å². The van der Waals surface area contributed by atoms with Crippen molar-refractivity contribution in [3.8, 4) is 0 Å². The summed E-state index contributed by atoms with van der Waals surface area (Å²) in [6.07, 6.45) is 9.71. The lowest BCUT2D eigenvalue weighted by Gasteiger charge is -2.37. The summed E-state index contributed by atoms with van der Waals surface area (Å²) in [5.41, 5.74) is 3.09. The third-order valence-corrected chi connectivity index (χ3v) is 5.12. The highest BCUT2D eigenvalue weighted by Gasteiger charge is 2.36. The van der Waals surface area contributed by atoms with Crippen molar-refractivity contribution in [2.45, 2.75) is 50.1 Å². The monoisotopic (exact) mass is 259 g/mol. The van der Waals surface area contributed by atoms with E-state index >= 15 is 0 Å². The number of aromatic nitrogens is 1. The minimum atomic E-state index is 0.373. The smallest absolute Gasteiger partial charge is 0.0605 e. The van der Waals surface area contributed by atoms with Crippen molar-refractivity contribution in [1.29, 1.82) is 0 Å². The van der Waals surface area contributed by atoms with Gasteiger partial charge in [0.15, 0.2) is 0 Å². The average Bonchev–Trinajstić information content (AvgIpc) is 3.04. The number of rotatable bonds is 4. The molecule has 1 fully saturated rings. The van der Waals surface area contributed by atoms with E-state index in [-0.39, 0.29) is 0 Å². The standard InChI is InChI=1S/C16H25N3/c1-19(2)16(9-3-4-10-16)12-18-14-8-7-13-6-5-11-17-15(13)14/h5-6,11,14,18H,3-4,7-10,12H2,1-2H3. The second-order valence-corrected chi connectivity index (χ2v) is 6.35. The van der Waals surface area contributed by atoms with Gasteiger partial charge >= 0.3 is 0 Å². The number of nitrogens with one attached hydrogen (secondary N) is 1. The number of nitrogens with zero attached hydrogens (tertiary/aromatic N) is 2. The van der Waals surface area contributed by atoms with Crippen LogP contribution in [-0.4, -0.2) is 36.1 Å². The van der Waals surface area contributed by atoms with Crippen LogP contribution in [0.4, 0.5) is 0 Å². The van der Waals surface area contributed by atoms with Gasteiger partial charge < -0.3 is 10.2 Å². The molecule has 0 spiro atoms. The zero-order valence-electron chi connectivity index (χ0n) is 12.2. The summed E-state index contributed by atoms with van der Waals surface area (Å²) in [6.45, 7) is 1.10. The van der Waals surface area contributed by atoms with Crippen LogP contribution in [0.3, 0.4) is 0 Å². The summed E-state index contributed by atoms with van der Waals surface area (Å²) in [5, 5.41) is 3.80. The first-order valence-electron chi connectivity index (χ1n) is 7.56. The maximum Gasteiger partial charge on any atom is 0.0605 e. The van der Waals surface area contributed by atoms with Crippen LogP contribution in [0.5, 0.6) is 0 Å². The zero-order chi connectivity index (χ0) is 13.3. The molecule has 104 valence electrons. The van der Waals surface area contributed by atoms with Gasteiger partial charge in [0, 0.05) is 18.3 Å². The molecule has 1 N–H and O–H groups in total. The molecule has 1 atom stereocenters. The summed E-state index contributed by atoms with van der Waals surface area (Å²) in [5.74, 6) is 0. The van der Waals surface area contributed by atoms with Gasteiger partial charge in [0.05, 0.1) is 11.7 Å². The summed E-state index contributed by atoms with van der Waals surface area (Å²) < 4.78 is 0. The predicted octanol–water partition coefficient (Wildman–Crippen LogP) is 2.53. The molecule has 1 aromatic rings. The van der Waals surface area contributed by atoms with Crippen molar-refractivity contribution >= 4 is 0 Å². The van der Waals surface area contributed by atoms with Crippen molar-refractivity contribution in [2.75, 3.05) is 20.6 Å². The van der Waals surface area contributed by atoms with E-state index in [1.54, 1.807) is 0 Å². The largest absolute Gasteiger partial charge is 0.307 e. The zero-order valence-corrected chi connectivity index (χ0v) is 12.2. The van der Waals surface area contributed by atoms with Crippen molar-refractivity contribution in [3.63, 3.8) is 0 Å². The Bertz CT molecular complexity index is 435. The van der Waals surface area contributed by atoms with Crippen LogP contribution in [0.1, 0.15) is 49.4 Å². The van der Waals surface area contributed by atoms with E-state index in [9.17, 15) is 0 Å². The number of fused-ring (bicyclic) bond motifs is 1. The summed E-state index contributed by atoms with van der Waals surface area (Å²) >= 11 is 0. The minimum absolute atomic E-state index is 0.373. The topological polar surface area (TPSA) is 28.2 Å². The fraction of sp³-hybridized carbons (Fsp3) is 0.688. The third kappa shape index (κ3) is 2.41. The second-order valence-electron chi connectivity index (χ2n) is 6.35. The Morgan fingerprint density at radius 3 is 2.89 bits per heavy atom. The molecule has 19 heavy (non-hydrogen) atoms.